The second-order valence-corrected chi connectivity index (χ2v) is 19.7. The minimum atomic E-state index is -3.54. The average Bonchev–Trinajstić information content (AvgIpc) is 3.95. The Balaban J connectivity index is 0.000000143. The molecule has 354 valence electrons. The van der Waals surface area contributed by atoms with Crippen LogP contribution in [0.2, 0.25) is 0 Å². The zero-order chi connectivity index (χ0) is 48.2. The number of aromatic nitrogens is 8. The molecule has 2 saturated heterocycles. The number of nitrogens with zero attached hydrogens (tertiary/aromatic N) is 8. The Kier molecular flexibility index (Phi) is 13.4. The lowest BCUT2D eigenvalue weighted by atomic mass is 10.1. The number of benzene rings is 6. The number of imidazole rings is 2. The Bertz CT molecular complexity index is 3600. The van der Waals surface area contributed by atoms with Gasteiger partial charge in [0, 0.05) is 68.3 Å². The normalized spacial score (nSPS) is 14.6. The second kappa shape index (κ2) is 20.3. The largest absolute Gasteiger partial charge is 0.381 e. The molecule has 12 rings (SSSR count). The molecule has 0 amide bonds. The number of nitrogens with two attached hydrogens (primary N) is 1. The summed E-state index contributed by atoms with van der Waals surface area (Å²) in [4.78, 5) is 27.5. The smallest absolute Gasteiger partial charge is 0.248 e. The first-order valence-corrected chi connectivity index (χ1v) is 25.4. The minimum absolute atomic E-state index is 0.209. The number of aryl methyl sites for hydroxylation is 2. The van der Waals surface area contributed by atoms with E-state index in [1.54, 1.807) is 6.07 Å². The van der Waals surface area contributed by atoms with Gasteiger partial charge in [-0.1, -0.05) is 84.9 Å². The molecule has 0 atom stereocenters. The van der Waals surface area contributed by atoms with Crippen molar-refractivity contribution in [2.75, 3.05) is 38.0 Å². The van der Waals surface area contributed by atoms with Gasteiger partial charge < -0.3 is 20.5 Å². The van der Waals surface area contributed by atoms with Crippen molar-refractivity contribution in [1.82, 2.24) is 39.0 Å². The van der Waals surface area contributed by atoms with Gasteiger partial charge in [0.25, 0.3) is 0 Å². The lowest BCUT2D eigenvalue weighted by molar-refractivity contribution is 0.0866. The summed E-state index contributed by atoms with van der Waals surface area (Å²) in [5, 5.41) is 7.92. The molecular formula is C55H54N10O4S. The van der Waals surface area contributed by atoms with Gasteiger partial charge in [0.1, 0.15) is 23.3 Å². The number of sulfone groups is 1. The molecule has 14 nitrogen and oxygen atoms in total. The molecule has 15 heteroatoms. The fraction of sp³-hybridized carbons (Fsp3) is 0.236. The van der Waals surface area contributed by atoms with Gasteiger partial charge in [0.05, 0.1) is 22.1 Å². The van der Waals surface area contributed by atoms with Crippen LogP contribution in [0.4, 0.5) is 5.95 Å². The minimum Gasteiger partial charge on any atom is -0.381 e. The topological polar surface area (TPSA) is 178 Å². The number of fused-ring (bicyclic) bond motifs is 4. The standard InChI is InChI=1S/C27H25N5O.C23H18N4O2S.C5H11NO/c1-18-6-9-23-24(16-18)32(25-10-13-28-27(31-25)29-22-11-14-33-15-12-22)26(30-23)21-8-7-19-4-2-3-5-20(19)17-21;1-15-7-10-19-20(13-15)27(21-11-12-24-23(26-21)30(2,28)29)22(25-19)18-9-8-16-5-3-4-6-17(16)14-18;6-5-1-3-7-4-2-5/h2-10,13,16-17,22H,11-12,14-15H2,1H3,(H,28,29,31);3-14H,1-2H3;5H,1-4,6H2. The SMILES string of the molecule is Cc1ccc2nc(-c3ccc4ccccc4c3)n(-c3ccnc(NC4CCOCC4)n3)c2c1.Cc1ccc2nc(-c3ccc4ccccc4c3)n(-c3ccnc(S(C)(=O)=O)n3)c2c1.NC1CCOCC1. The Morgan fingerprint density at radius 1 is 0.557 bits per heavy atom. The molecule has 0 spiro atoms. The third kappa shape index (κ3) is 10.3. The molecular weight excluding hydrogens is 897 g/mol. The first-order valence-electron chi connectivity index (χ1n) is 23.6. The number of anilines is 1. The van der Waals surface area contributed by atoms with Gasteiger partial charge in [-0.05, 0) is 121 Å². The van der Waals surface area contributed by atoms with E-state index in [9.17, 15) is 8.42 Å². The molecule has 70 heavy (non-hydrogen) atoms. The fourth-order valence-corrected chi connectivity index (χ4v) is 9.31. The first kappa shape index (κ1) is 46.3. The molecule has 2 fully saturated rings. The van der Waals surface area contributed by atoms with E-state index >= 15 is 0 Å². The summed E-state index contributed by atoms with van der Waals surface area (Å²) in [5.74, 6) is 3.47. The third-order valence-corrected chi connectivity index (χ3v) is 13.4. The molecule has 2 aliphatic heterocycles. The van der Waals surface area contributed by atoms with Crippen LogP contribution in [0.1, 0.15) is 36.8 Å². The Morgan fingerprint density at radius 2 is 1.04 bits per heavy atom. The van der Waals surface area contributed by atoms with E-state index in [0.29, 0.717) is 29.7 Å². The van der Waals surface area contributed by atoms with Crippen LogP contribution >= 0.6 is 0 Å². The zero-order valence-corrected chi connectivity index (χ0v) is 40.2. The number of ether oxygens (including phenoxy) is 2. The van der Waals surface area contributed by atoms with Crippen LogP contribution in [0, 0.1) is 13.8 Å². The van der Waals surface area contributed by atoms with Crippen molar-refractivity contribution >= 4 is 59.4 Å². The second-order valence-electron chi connectivity index (χ2n) is 17.8. The predicted molar refractivity (Wildman–Crippen MR) is 277 cm³/mol. The van der Waals surface area contributed by atoms with Crippen molar-refractivity contribution in [3.63, 3.8) is 0 Å². The summed E-state index contributed by atoms with van der Waals surface area (Å²) in [6.45, 7) is 7.38. The molecule has 6 heterocycles. The lowest BCUT2D eigenvalue weighted by Crippen LogP contribution is -2.28. The number of rotatable bonds is 7. The van der Waals surface area contributed by atoms with Crippen LogP contribution < -0.4 is 11.1 Å². The van der Waals surface area contributed by atoms with Crippen LogP contribution in [-0.4, -0.2) is 92.2 Å². The maximum atomic E-state index is 12.0. The Labute approximate surface area is 406 Å². The Hall–Kier alpha value is -7.43. The van der Waals surface area contributed by atoms with Crippen molar-refractivity contribution in [1.29, 1.82) is 0 Å². The average molecular weight is 951 g/mol. The molecule has 2 aliphatic rings. The van der Waals surface area contributed by atoms with E-state index in [2.05, 4.69) is 117 Å². The quantitative estimate of drug-likeness (QED) is 0.145. The third-order valence-electron chi connectivity index (χ3n) is 12.5. The van der Waals surface area contributed by atoms with E-state index in [1.807, 2.05) is 60.2 Å². The first-order chi connectivity index (χ1) is 34.0. The molecule has 0 saturated carbocycles. The van der Waals surface area contributed by atoms with Crippen molar-refractivity contribution in [2.45, 2.75) is 56.8 Å². The molecule has 3 N–H and O–H groups in total. The summed E-state index contributed by atoms with van der Waals surface area (Å²) >= 11 is 0. The molecule has 0 unspecified atom stereocenters. The van der Waals surface area contributed by atoms with Gasteiger partial charge in [-0.2, -0.15) is 4.98 Å². The van der Waals surface area contributed by atoms with E-state index < -0.39 is 9.84 Å². The number of hydrogen-bond donors (Lipinski definition) is 2. The highest BCUT2D eigenvalue weighted by atomic mass is 32.2. The summed E-state index contributed by atoms with van der Waals surface area (Å²) in [6.07, 6.45) is 8.39. The highest BCUT2D eigenvalue weighted by molar-refractivity contribution is 7.90. The number of nitrogens with one attached hydrogen (secondary N) is 1. The van der Waals surface area contributed by atoms with Crippen molar-refractivity contribution in [2.24, 2.45) is 5.73 Å². The van der Waals surface area contributed by atoms with Crippen molar-refractivity contribution in [3.05, 3.63) is 157 Å². The van der Waals surface area contributed by atoms with Crippen LogP contribution in [0.25, 0.3) is 78.0 Å². The molecule has 6 aromatic carbocycles. The molecule has 0 aliphatic carbocycles. The molecule has 0 bridgehead atoms. The van der Waals surface area contributed by atoms with E-state index in [4.69, 9.17) is 30.2 Å². The Morgan fingerprint density at radius 3 is 1.54 bits per heavy atom. The molecule has 4 aromatic heterocycles. The lowest BCUT2D eigenvalue weighted by Gasteiger charge is -2.23. The van der Waals surface area contributed by atoms with Gasteiger partial charge in [-0.3, -0.25) is 9.13 Å². The van der Waals surface area contributed by atoms with E-state index in [1.165, 1.54) is 22.5 Å². The summed E-state index contributed by atoms with van der Waals surface area (Å²) < 4.78 is 38.6. The van der Waals surface area contributed by atoms with Crippen molar-refractivity contribution in [3.8, 4) is 34.4 Å². The fourth-order valence-electron chi connectivity index (χ4n) is 8.80. The highest BCUT2D eigenvalue weighted by Gasteiger charge is 2.21. The summed E-state index contributed by atoms with van der Waals surface area (Å²) in [5.41, 5.74) is 13.4. The summed E-state index contributed by atoms with van der Waals surface area (Å²) in [7, 11) is -3.54. The monoisotopic (exact) mass is 950 g/mol. The maximum Gasteiger partial charge on any atom is 0.248 e. The summed E-state index contributed by atoms with van der Waals surface area (Å²) in [6, 6.07) is 45.9. The maximum absolute atomic E-state index is 12.0. The van der Waals surface area contributed by atoms with Gasteiger partial charge in [-0.15, -0.1) is 0 Å². The van der Waals surface area contributed by atoms with Crippen LogP contribution in [0.3, 0.4) is 0 Å². The predicted octanol–water partition coefficient (Wildman–Crippen LogP) is 10.0. The van der Waals surface area contributed by atoms with Gasteiger partial charge in [-0.25, -0.2) is 33.3 Å². The van der Waals surface area contributed by atoms with E-state index in [-0.39, 0.29) is 5.16 Å². The van der Waals surface area contributed by atoms with Crippen LogP contribution in [0.5, 0.6) is 0 Å². The van der Waals surface area contributed by atoms with Crippen LogP contribution in [-0.2, 0) is 19.3 Å². The number of hydrogen-bond acceptors (Lipinski definition) is 12. The van der Waals surface area contributed by atoms with Gasteiger partial charge in [0.15, 0.2) is 0 Å². The zero-order valence-electron chi connectivity index (χ0n) is 39.4. The van der Waals surface area contributed by atoms with Gasteiger partial charge >= 0.3 is 0 Å². The molecule has 10 aromatic rings. The van der Waals surface area contributed by atoms with E-state index in [0.717, 1.165) is 120 Å². The van der Waals surface area contributed by atoms with Crippen LogP contribution in [0.15, 0.2) is 151 Å². The van der Waals surface area contributed by atoms with Gasteiger partial charge in [0.2, 0.25) is 20.9 Å². The highest BCUT2D eigenvalue weighted by Crippen LogP contribution is 2.33. The van der Waals surface area contributed by atoms with Crippen molar-refractivity contribution < 1.29 is 17.9 Å². The molecule has 0 radical (unpaired) electrons.